The molecule has 0 fully saturated rings. The minimum atomic E-state index is 0.159. The maximum absolute atomic E-state index is 11.5. The zero-order valence-electron chi connectivity index (χ0n) is 11.2. The number of benzene rings is 1. The van der Waals surface area contributed by atoms with Crippen LogP contribution in [0.15, 0.2) is 29.8 Å². The molecule has 0 unspecified atom stereocenters. The summed E-state index contributed by atoms with van der Waals surface area (Å²) in [7, 11) is 0. The Morgan fingerprint density at radius 3 is 2.63 bits per heavy atom. The van der Waals surface area contributed by atoms with Crippen molar-refractivity contribution < 1.29 is 9.53 Å². The van der Waals surface area contributed by atoms with Crippen LogP contribution in [0.2, 0.25) is 0 Å². The molecule has 3 nitrogen and oxygen atoms in total. The summed E-state index contributed by atoms with van der Waals surface area (Å²) < 4.78 is 5.67. The van der Waals surface area contributed by atoms with Crippen molar-refractivity contribution in [2.24, 2.45) is 0 Å². The zero-order valence-corrected chi connectivity index (χ0v) is 12.0. The molecule has 0 saturated heterocycles. The third-order valence-electron chi connectivity index (χ3n) is 2.94. The average molecular weight is 275 g/mol. The fourth-order valence-electron chi connectivity index (χ4n) is 1.77. The van der Waals surface area contributed by atoms with Gasteiger partial charge in [-0.3, -0.25) is 4.79 Å². The number of Topliss-reactive ketones (excluding diaryl/α,β-unsaturated/α-hetero) is 1. The largest absolute Gasteiger partial charge is 0.493 e. The number of aryl methyl sites for hydroxylation is 1. The number of hydrogen-bond acceptors (Lipinski definition) is 4. The van der Waals surface area contributed by atoms with Crippen molar-refractivity contribution in [1.29, 1.82) is 0 Å². The third kappa shape index (κ3) is 3.64. The zero-order chi connectivity index (χ0) is 13.7. The Morgan fingerprint density at radius 1 is 1.32 bits per heavy atom. The highest BCUT2D eigenvalue weighted by Crippen LogP contribution is 2.16. The molecular formula is C15H17NO2S. The van der Waals surface area contributed by atoms with Gasteiger partial charge in [0, 0.05) is 23.3 Å². The Hall–Kier alpha value is -1.68. The highest BCUT2D eigenvalue weighted by Gasteiger charge is 2.04. The van der Waals surface area contributed by atoms with Crippen LogP contribution in [0, 0.1) is 6.92 Å². The van der Waals surface area contributed by atoms with E-state index in [0.717, 1.165) is 23.4 Å². The van der Waals surface area contributed by atoms with Crippen molar-refractivity contribution in [2.75, 3.05) is 6.61 Å². The van der Waals surface area contributed by atoms with Crippen LogP contribution in [-0.2, 0) is 6.42 Å². The molecule has 0 spiro atoms. The molecule has 0 atom stereocenters. The van der Waals surface area contributed by atoms with Crippen LogP contribution < -0.4 is 4.74 Å². The van der Waals surface area contributed by atoms with Gasteiger partial charge in [-0.15, -0.1) is 11.3 Å². The van der Waals surface area contributed by atoms with E-state index in [-0.39, 0.29) is 5.78 Å². The molecule has 0 bridgehead atoms. The second-order valence-corrected chi connectivity index (χ2v) is 5.20. The Morgan fingerprint density at radius 2 is 2.05 bits per heavy atom. The molecule has 0 N–H and O–H groups in total. The Bertz CT molecular complexity index is 546. The van der Waals surface area contributed by atoms with Gasteiger partial charge < -0.3 is 4.74 Å². The lowest BCUT2D eigenvalue weighted by Gasteiger charge is -2.06. The van der Waals surface area contributed by atoms with Crippen LogP contribution >= 0.6 is 11.3 Å². The predicted molar refractivity (Wildman–Crippen MR) is 77.1 cm³/mol. The maximum atomic E-state index is 11.5. The van der Waals surface area contributed by atoms with Crippen molar-refractivity contribution in [2.45, 2.75) is 26.7 Å². The summed E-state index contributed by atoms with van der Waals surface area (Å²) in [5.74, 6) is 0.960. The molecule has 0 radical (unpaired) electrons. The van der Waals surface area contributed by atoms with Crippen molar-refractivity contribution in [3.63, 3.8) is 0 Å². The minimum Gasteiger partial charge on any atom is -0.493 e. The number of thiazole rings is 1. The van der Waals surface area contributed by atoms with E-state index >= 15 is 0 Å². The van der Waals surface area contributed by atoms with Crippen molar-refractivity contribution in [1.82, 2.24) is 4.98 Å². The molecular weight excluding hydrogens is 258 g/mol. The molecule has 0 saturated carbocycles. The lowest BCUT2D eigenvalue weighted by molar-refractivity contribution is 0.0988. The first-order valence-corrected chi connectivity index (χ1v) is 7.23. The van der Waals surface area contributed by atoms with E-state index in [1.807, 2.05) is 43.6 Å². The van der Waals surface area contributed by atoms with E-state index in [1.165, 1.54) is 4.88 Å². The normalized spacial score (nSPS) is 10.4. The predicted octanol–water partition coefficient (Wildman–Crippen LogP) is 3.67. The number of aromatic nitrogens is 1. The molecule has 1 heterocycles. The van der Waals surface area contributed by atoms with Gasteiger partial charge in [-0.2, -0.15) is 0 Å². The van der Waals surface area contributed by atoms with Gasteiger partial charge in [0.1, 0.15) is 5.75 Å². The Labute approximate surface area is 117 Å². The molecule has 0 aliphatic carbocycles. The van der Waals surface area contributed by atoms with Gasteiger partial charge in [-0.25, -0.2) is 4.98 Å². The number of carbonyl (C=O) groups excluding carboxylic acids is 1. The Kier molecular flexibility index (Phi) is 4.68. The molecule has 2 aromatic rings. The number of hydrogen-bond donors (Lipinski definition) is 0. The quantitative estimate of drug-likeness (QED) is 0.755. The Balaban J connectivity index is 1.86. The lowest BCUT2D eigenvalue weighted by Crippen LogP contribution is -2.02. The second kappa shape index (κ2) is 6.48. The van der Waals surface area contributed by atoms with Crippen molar-refractivity contribution in [3.8, 4) is 5.75 Å². The molecule has 0 aliphatic rings. The van der Waals surface area contributed by atoms with Gasteiger partial charge in [0.25, 0.3) is 0 Å². The number of rotatable bonds is 6. The number of nitrogens with zero attached hydrogens (tertiary/aromatic N) is 1. The first kappa shape index (κ1) is 13.7. The summed E-state index contributed by atoms with van der Waals surface area (Å²) in [6.07, 6.45) is 1.40. The molecule has 1 aromatic carbocycles. The summed E-state index contributed by atoms with van der Waals surface area (Å²) in [5, 5.41) is 0. The van der Waals surface area contributed by atoms with Crippen molar-refractivity contribution >= 4 is 17.1 Å². The molecule has 0 amide bonds. The van der Waals surface area contributed by atoms with Crippen LogP contribution in [0.1, 0.15) is 34.3 Å². The van der Waals surface area contributed by atoms with E-state index in [1.54, 1.807) is 11.3 Å². The minimum absolute atomic E-state index is 0.159. The fraction of sp³-hybridized carbons (Fsp3) is 0.333. The third-order valence-corrected chi connectivity index (χ3v) is 3.93. The van der Waals surface area contributed by atoms with E-state index in [2.05, 4.69) is 4.98 Å². The van der Waals surface area contributed by atoms with E-state index in [9.17, 15) is 4.79 Å². The van der Waals surface area contributed by atoms with Crippen LogP contribution in [0.25, 0.3) is 0 Å². The van der Waals surface area contributed by atoms with Crippen molar-refractivity contribution in [3.05, 3.63) is 45.9 Å². The van der Waals surface area contributed by atoms with Crippen LogP contribution in [0.4, 0.5) is 0 Å². The van der Waals surface area contributed by atoms with Gasteiger partial charge >= 0.3 is 0 Å². The summed E-state index contributed by atoms with van der Waals surface area (Å²) >= 11 is 1.66. The number of ether oxygens (including phenoxy) is 1. The maximum Gasteiger partial charge on any atom is 0.162 e. The molecule has 4 heteroatoms. The van der Waals surface area contributed by atoms with E-state index in [4.69, 9.17) is 4.74 Å². The molecule has 19 heavy (non-hydrogen) atoms. The van der Waals surface area contributed by atoms with Gasteiger partial charge in [-0.05, 0) is 31.2 Å². The van der Waals surface area contributed by atoms with Crippen LogP contribution in [-0.4, -0.2) is 17.4 Å². The van der Waals surface area contributed by atoms with Crippen LogP contribution in [0.5, 0.6) is 5.75 Å². The molecule has 0 aliphatic heterocycles. The highest BCUT2D eigenvalue weighted by molar-refractivity contribution is 7.09. The second-order valence-electron chi connectivity index (χ2n) is 4.26. The smallest absolute Gasteiger partial charge is 0.162 e. The topological polar surface area (TPSA) is 39.2 Å². The first-order valence-electron chi connectivity index (χ1n) is 6.35. The lowest BCUT2D eigenvalue weighted by atomic mass is 10.1. The summed E-state index contributed by atoms with van der Waals surface area (Å²) in [4.78, 5) is 17.0. The highest BCUT2D eigenvalue weighted by atomic mass is 32.1. The standard InChI is InChI=1S/C15H17NO2S/c1-3-14(17)12-4-6-13(7-5-12)18-9-8-15-11(2)16-10-19-15/h4-7,10H,3,8-9H2,1-2H3. The summed E-state index contributed by atoms with van der Waals surface area (Å²) in [5.41, 5.74) is 3.68. The fourth-order valence-corrected chi connectivity index (χ4v) is 2.53. The monoisotopic (exact) mass is 275 g/mol. The van der Waals surface area contributed by atoms with E-state index in [0.29, 0.717) is 13.0 Å². The number of ketones is 1. The van der Waals surface area contributed by atoms with E-state index < -0.39 is 0 Å². The van der Waals surface area contributed by atoms with Gasteiger partial charge in [0.05, 0.1) is 17.8 Å². The number of carbonyl (C=O) groups is 1. The van der Waals surface area contributed by atoms with Crippen LogP contribution in [0.3, 0.4) is 0 Å². The van der Waals surface area contributed by atoms with Gasteiger partial charge in [0.15, 0.2) is 5.78 Å². The molecule has 1 aromatic heterocycles. The molecule has 2 rings (SSSR count). The summed E-state index contributed by atoms with van der Waals surface area (Å²) in [6.45, 7) is 4.51. The van der Waals surface area contributed by atoms with Gasteiger partial charge in [0.2, 0.25) is 0 Å². The average Bonchev–Trinajstić information content (AvgIpc) is 2.84. The summed E-state index contributed by atoms with van der Waals surface area (Å²) in [6, 6.07) is 7.34. The molecule has 100 valence electrons. The SMILES string of the molecule is CCC(=O)c1ccc(OCCc2scnc2C)cc1. The van der Waals surface area contributed by atoms with Gasteiger partial charge in [-0.1, -0.05) is 6.92 Å². The first-order chi connectivity index (χ1) is 9.20.